The van der Waals surface area contributed by atoms with Crippen LogP contribution >= 0.6 is 0 Å². The van der Waals surface area contributed by atoms with Crippen LogP contribution in [0.4, 0.5) is 11.4 Å². The van der Waals surface area contributed by atoms with E-state index in [2.05, 4.69) is 5.32 Å². The van der Waals surface area contributed by atoms with Crippen molar-refractivity contribution in [2.24, 2.45) is 0 Å². The molecule has 0 fully saturated rings. The Morgan fingerprint density at radius 3 is 2.15 bits per heavy atom. The van der Waals surface area contributed by atoms with Crippen molar-refractivity contribution in [3.8, 4) is 0 Å². The second kappa shape index (κ2) is 12.2. The van der Waals surface area contributed by atoms with Crippen molar-refractivity contribution in [2.45, 2.75) is 26.2 Å². The average molecular weight is 445 g/mol. The lowest BCUT2D eigenvalue weighted by Crippen LogP contribution is -2.31. The number of nitrogens with one attached hydrogen (secondary N) is 1. The van der Waals surface area contributed by atoms with Crippen molar-refractivity contribution in [3.63, 3.8) is 0 Å². The monoisotopic (exact) mass is 444 g/mol. The van der Waals surface area contributed by atoms with E-state index in [4.69, 9.17) is 4.74 Å². The summed E-state index contributed by atoms with van der Waals surface area (Å²) in [6.07, 6.45) is 0.578. The molecule has 0 radical (unpaired) electrons. The van der Waals surface area contributed by atoms with E-state index in [1.807, 2.05) is 67.6 Å². The molecule has 0 heterocycles. The van der Waals surface area contributed by atoms with E-state index in [-0.39, 0.29) is 31.3 Å². The van der Waals surface area contributed by atoms with Crippen LogP contribution in [0.25, 0.3) is 0 Å². The molecule has 6 nitrogen and oxygen atoms in total. The molecule has 0 spiro atoms. The Morgan fingerprint density at radius 1 is 0.818 bits per heavy atom. The van der Waals surface area contributed by atoms with Crippen LogP contribution in [0, 0.1) is 0 Å². The smallest absolute Gasteiger partial charge is 0.306 e. The van der Waals surface area contributed by atoms with E-state index in [1.54, 1.807) is 29.2 Å². The molecule has 0 aliphatic heterocycles. The summed E-state index contributed by atoms with van der Waals surface area (Å²) < 4.78 is 5.22. The number of anilines is 2. The summed E-state index contributed by atoms with van der Waals surface area (Å²) >= 11 is 0. The van der Waals surface area contributed by atoms with Gasteiger partial charge in [-0.2, -0.15) is 0 Å². The molecular formula is C27H28N2O4. The van der Waals surface area contributed by atoms with E-state index < -0.39 is 5.97 Å². The summed E-state index contributed by atoms with van der Waals surface area (Å²) in [6.45, 7) is 2.66. The molecule has 0 aliphatic carbocycles. The molecule has 0 unspecified atom stereocenters. The second-order valence-electron chi connectivity index (χ2n) is 7.43. The molecular weight excluding hydrogens is 416 g/mol. The van der Waals surface area contributed by atoms with Crippen molar-refractivity contribution in [1.29, 1.82) is 0 Å². The number of carbonyl (C=O) groups is 3. The molecule has 0 aliphatic rings. The first-order valence-electron chi connectivity index (χ1n) is 11.0. The standard InChI is InChI=1S/C27H28N2O4/c1-2-29(22-13-7-4-8-14-22)27(32)23-15-9-10-16-24(23)28-25(30)17-18-26(31)33-20-19-21-11-5-3-6-12-21/h3-16H,2,17-20H2,1H3,(H,28,30). The first-order chi connectivity index (χ1) is 16.1. The maximum atomic E-state index is 13.2. The highest BCUT2D eigenvalue weighted by atomic mass is 16.5. The lowest BCUT2D eigenvalue weighted by atomic mass is 10.1. The van der Waals surface area contributed by atoms with Crippen molar-refractivity contribution < 1.29 is 19.1 Å². The number of hydrogen-bond donors (Lipinski definition) is 1. The third kappa shape index (κ3) is 7.04. The first-order valence-corrected chi connectivity index (χ1v) is 11.0. The molecule has 6 heteroatoms. The Morgan fingerprint density at radius 2 is 1.45 bits per heavy atom. The van der Waals surface area contributed by atoms with Crippen LogP contribution in [0.5, 0.6) is 0 Å². The fraction of sp³-hybridized carbons (Fsp3) is 0.222. The summed E-state index contributed by atoms with van der Waals surface area (Å²) in [6, 6.07) is 26.0. The van der Waals surface area contributed by atoms with Crippen LogP contribution in [-0.4, -0.2) is 30.9 Å². The van der Waals surface area contributed by atoms with Crippen LogP contribution in [0.2, 0.25) is 0 Å². The molecule has 0 saturated carbocycles. The van der Waals surface area contributed by atoms with E-state index in [9.17, 15) is 14.4 Å². The molecule has 33 heavy (non-hydrogen) atoms. The molecule has 0 aromatic heterocycles. The molecule has 1 N–H and O–H groups in total. The normalized spacial score (nSPS) is 10.3. The van der Waals surface area contributed by atoms with Gasteiger partial charge in [0.1, 0.15) is 0 Å². The summed E-state index contributed by atoms with van der Waals surface area (Å²) in [5.41, 5.74) is 2.67. The summed E-state index contributed by atoms with van der Waals surface area (Å²) in [4.78, 5) is 39.3. The van der Waals surface area contributed by atoms with E-state index >= 15 is 0 Å². The van der Waals surface area contributed by atoms with Gasteiger partial charge in [0.2, 0.25) is 5.91 Å². The summed E-state index contributed by atoms with van der Waals surface area (Å²) in [5.74, 6) is -0.982. The van der Waals surface area contributed by atoms with Crippen LogP contribution in [0.1, 0.15) is 35.7 Å². The maximum Gasteiger partial charge on any atom is 0.306 e. The number of para-hydroxylation sites is 2. The predicted octanol–water partition coefficient (Wildman–Crippen LogP) is 4.86. The van der Waals surface area contributed by atoms with Gasteiger partial charge in [-0.1, -0.05) is 60.7 Å². The number of esters is 1. The summed E-state index contributed by atoms with van der Waals surface area (Å²) in [7, 11) is 0. The third-order valence-electron chi connectivity index (χ3n) is 5.11. The predicted molar refractivity (Wildman–Crippen MR) is 129 cm³/mol. The second-order valence-corrected chi connectivity index (χ2v) is 7.43. The van der Waals surface area contributed by atoms with Crippen molar-refractivity contribution >= 4 is 29.2 Å². The van der Waals surface area contributed by atoms with Gasteiger partial charge in [-0.15, -0.1) is 0 Å². The number of hydrogen-bond acceptors (Lipinski definition) is 4. The SMILES string of the molecule is CCN(C(=O)c1ccccc1NC(=O)CCC(=O)OCCc1ccccc1)c1ccccc1. The van der Waals surface area contributed by atoms with Gasteiger partial charge < -0.3 is 15.0 Å². The lowest BCUT2D eigenvalue weighted by Gasteiger charge is -2.22. The van der Waals surface area contributed by atoms with Gasteiger partial charge in [0.25, 0.3) is 5.91 Å². The third-order valence-corrected chi connectivity index (χ3v) is 5.11. The largest absolute Gasteiger partial charge is 0.465 e. The van der Waals surface area contributed by atoms with Crippen LogP contribution in [-0.2, 0) is 20.7 Å². The minimum atomic E-state index is -0.424. The zero-order valence-electron chi connectivity index (χ0n) is 18.7. The fourth-order valence-electron chi connectivity index (χ4n) is 3.40. The number of amides is 2. The van der Waals surface area contributed by atoms with Gasteiger partial charge in [-0.05, 0) is 36.8 Å². The highest BCUT2D eigenvalue weighted by molar-refractivity contribution is 6.11. The van der Waals surface area contributed by atoms with Gasteiger partial charge in [0.15, 0.2) is 0 Å². The van der Waals surface area contributed by atoms with Gasteiger partial charge in [0, 0.05) is 25.1 Å². The zero-order valence-corrected chi connectivity index (χ0v) is 18.7. The van der Waals surface area contributed by atoms with Gasteiger partial charge in [-0.25, -0.2) is 0 Å². The highest BCUT2D eigenvalue weighted by Crippen LogP contribution is 2.22. The first kappa shape index (κ1) is 23.7. The van der Waals surface area contributed by atoms with Crippen molar-refractivity contribution in [2.75, 3.05) is 23.4 Å². The topological polar surface area (TPSA) is 75.7 Å². The molecule has 2 amide bonds. The number of nitrogens with zero attached hydrogens (tertiary/aromatic N) is 1. The van der Waals surface area contributed by atoms with Gasteiger partial charge >= 0.3 is 5.97 Å². The molecule has 0 atom stereocenters. The molecule has 3 rings (SSSR count). The number of ether oxygens (including phenoxy) is 1. The Hall–Kier alpha value is -3.93. The van der Waals surface area contributed by atoms with Gasteiger partial charge in [0.05, 0.1) is 24.3 Å². The highest BCUT2D eigenvalue weighted by Gasteiger charge is 2.20. The molecule has 3 aromatic rings. The van der Waals surface area contributed by atoms with Crippen LogP contribution in [0.3, 0.4) is 0 Å². The quantitative estimate of drug-likeness (QED) is 0.453. The van der Waals surface area contributed by atoms with Crippen molar-refractivity contribution in [3.05, 3.63) is 96.1 Å². The Bertz CT molecular complexity index is 1070. The average Bonchev–Trinajstić information content (AvgIpc) is 2.85. The molecule has 0 saturated heterocycles. The fourth-order valence-corrected chi connectivity index (χ4v) is 3.40. The van der Waals surface area contributed by atoms with Crippen LogP contribution < -0.4 is 10.2 Å². The number of carbonyl (C=O) groups excluding carboxylic acids is 3. The molecule has 170 valence electrons. The van der Waals surface area contributed by atoms with E-state index in [0.29, 0.717) is 24.2 Å². The zero-order chi connectivity index (χ0) is 23.5. The van der Waals surface area contributed by atoms with Crippen LogP contribution in [0.15, 0.2) is 84.9 Å². The molecule has 0 bridgehead atoms. The maximum absolute atomic E-state index is 13.2. The molecule has 3 aromatic carbocycles. The lowest BCUT2D eigenvalue weighted by molar-refractivity contribution is -0.144. The minimum absolute atomic E-state index is 0.0249. The Kier molecular flexibility index (Phi) is 8.77. The Labute approximate surface area is 194 Å². The van der Waals surface area contributed by atoms with E-state index in [1.165, 1.54) is 0 Å². The number of rotatable bonds is 10. The Balaban J connectivity index is 1.54. The van der Waals surface area contributed by atoms with E-state index in [0.717, 1.165) is 11.3 Å². The summed E-state index contributed by atoms with van der Waals surface area (Å²) in [5, 5.41) is 2.76. The minimum Gasteiger partial charge on any atom is -0.465 e. The van der Waals surface area contributed by atoms with Gasteiger partial charge in [-0.3, -0.25) is 14.4 Å². The van der Waals surface area contributed by atoms with Crippen molar-refractivity contribution in [1.82, 2.24) is 0 Å². The number of benzene rings is 3.